The zero-order chi connectivity index (χ0) is 22.0. The molecule has 1 aliphatic heterocycles. The number of aliphatic hydroxyl groups is 1. The lowest BCUT2D eigenvalue weighted by molar-refractivity contribution is -0.314. The minimum atomic E-state index is -1.13. The van der Waals surface area contributed by atoms with E-state index in [1.165, 1.54) is 0 Å². The van der Waals surface area contributed by atoms with Gasteiger partial charge in [-0.2, -0.15) is 0 Å². The van der Waals surface area contributed by atoms with Crippen molar-refractivity contribution in [3.63, 3.8) is 0 Å². The number of carbonyl (C=O) groups is 1. The standard InChI is InChI=1S/C24H43FO5/c1-4-7-13-22(25)24(29-6-3)16-15-19-18(20(26)17-21(19)30-24)12-10-8-9-11-14-23(27)28-5-2/h18-22,26H,4-17H2,1-3H3/t18-,19-,20+,21-,22?,24?/m1/s1. The van der Waals surface area contributed by atoms with Crippen LogP contribution in [0.5, 0.6) is 0 Å². The van der Waals surface area contributed by atoms with Gasteiger partial charge in [0, 0.05) is 25.9 Å². The molecule has 5 nitrogen and oxygen atoms in total. The molecule has 1 saturated carbocycles. The van der Waals surface area contributed by atoms with Crippen LogP contribution >= 0.6 is 0 Å². The topological polar surface area (TPSA) is 65.0 Å². The monoisotopic (exact) mass is 430 g/mol. The molecule has 6 heteroatoms. The molecule has 6 atom stereocenters. The van der Waals surface area contributed by atoms with E-state index in [0.717, 1.165) is 51.4 Å². The van der Waals surface area contributed by atoms with Gasteiger partial charge in [-0.15, -0.1) is 0 Å². The molecule has 2 unspecified atom stereocenters. The molecule has 0 radical (unpaired) electrons. The van der Waals surface area contributed by atoms with Crippen LogP contribution < -0.4 is 0 Å². The van der Waals surface area contributed by atoms with E-state index < -0.39 is 12.0 Å². The van der Waals surface area contributed by atoms with Crippen LogP contribution in [0.15, 0.2) is 0 Å². The van der Waals surface area contributed by atoms with Crippen LogP contribution in [0.25, 0.3) is 0 Å². The highest BCUT2D eigenvalue weighted by Crippen LogP contribution is 2.48. The Morgan fingerprint density at radius 2 is 1.93 bits per heavy atom. The van der Waals surface area contributed by atoms with E-state index in [2.05, 4.69) is 6.92 Å². The molecule has 2 fully saturated rings. The van der Waals surface area contributed by atoms with Gasteiger partial charge in [0.15, 0.2) is 12.0 Å². The summed E-state index contributed by atoms with van der Waals surface area (Å²) in [7, 11) is 0. The highest BCUT2D eigenvalue weighted by molar-refractivity contribution is 5.69. The molecule has 0 aromatic carbocycles. The van der Waals surface area contributed by atoms with Gasteiger partial charge >= 0.3 is 5.97 Å². The van der Waals surface area contributed by atoms with Gasteiger partial charge in [-0.25, -0.2) is 4.39 Å². The summed E-state index contributed by atoms with van der Waals surface area (Å²) in [5.41, 5.74) is 0. The summed E-state index contributed by atoms with van der Waals surface area (Å²) in [6.07, 6.45) is 8.01. The normalized spacial score (nSPS) is 32.0. The average molecular weight is 431 g/mol. The number of rotatable bonds is 14. The number of fused-ring (bicyclic) bond motifs is 1. The summed E-state index contributed by atoms with van der Waals surface area (Å²) in [6, 6.07) is 0. The number of carbonyl (C=O) groups excluding carboxylic acids is 1. The molecular formula is C24H43FO5. The Balaban J connectivity index is 1.80. The van der Waals surface area contributed by atoms with E-state index >= 15 is 4.39 Å². The molecule has 0 amide bonds. The minimum absolute atomic E-state index is 0.117. The lowest BCUT2D eigenvalue weighted by Crippen LogP contribution is -2.52. The first-order valence-electron chi connectivity index (χ1n) is 12.3. The van der Waals surface area contributed by atoms with Crippen molar-refractivity contribution in [1.29, 1.82) is 0 Å². The minimum Gasteiger partial charge on any atom is -0.466 e. The Labute approximate surface area is 182 Å². The number of aliphatic hydroxyl groups excluding tert-OH is 1. The van der Waals surface area contributed by atoms with Gasteiger partial charge in [-0.3, -0.25) is 4.79 Å². The van der Waals surface area contributed by atoms with Crippen molar-refractivity contribution in [2.24, 2.45) is 11.8 Å². The lowest BCUT2D eigenvalue weighted by Gasteiger charge is -2.45. The Hall–Kier alpha value is -0.720. The zero-order valence-electron chi connectivity index (χ0n) is 19.2. The van der Waals surface area contributed by atoms with Crippen LogP contribution in [0.3, 0.4) is 0 Å². The van der Waals surface area contributed by atoms with Crippen LogP contribution in [0, 0.1) is 11.8 Å². The van der Waals surface area contributed by atoms with Crippen molar-refractivity contribution >= 4 is 5.97 Å². The first-order valence-corrected chi connectivity index (χ1v) is 12.3. The van der Waals surface area contributed by atoms with Crippen molar-refractivity contribution in [2.75, 3.05) is 13.2 Å². The van der Waals surface area contributed by atoms with Crippen LogP contribution in [-0.4, -0.2) is 48.5 Å². The van der Waals surface area contributed by atoms with E-state index in [1.807, 2.05) is 13.8 Å². The Morgan fingerprint density at radius 3 is 2.63 bits per heavy atom. The van der Waals surface area contributed by atoms with Gasteiger partial charge < -0.3 is 19.3 Å². The van der Waals surface area contributed by atoms with Crippen molar-refractivity contribution in [3.8, 4) is 0 Å². The van der Waals surface area contributed by atoms with Gasteiger partial charge in [0.25, 0.3) is 0 Å². The van der Waals surface area contributed by atoms with Gasteiger partial charge in [-0.05, 0) is 51.4 Å². The molecule has 2 rings (SSSR count). The maximum absolute atomic E-state index is 15.1. The maximum Gasteiger partial charge on any atom is 0.305 e. The summed E-state index contributed by atoms with van der Waals surface area (Å²) >= 11 is 0. The lowest BCUT2D eigenvalue weighted by atomic mass is 9.81. The van der Waals surface area contributed by atoms with Gasteiger partial charge in [0.05, 0.1) is 18.8 Å². The molecule has 0 spiro atoms. The predicted octanol–water partition coefficient (Wildman–Crippen LogP) is 5.33. The molecule has 0 aromatic heterocycles. The first-order chi connectivity index (χ1) is 14.5. The summed E-state index contributed by atoms with van der Waals surface area (Å²) in [4.78, 5) is 11.4. The maximum atomic E-state index is 15.1. The molecular weight excluding hydrogens is 387 g/mol. The summed E-state index contributed by atoms with van der Waals surface area (Å²) < 4.78 is 32.1. The summed E-state index contributed by atoms with van der Waals surface area (Å²) in [6.45, 7) is 6.64. The molecule has 0 aromatic rings. The Bertz CT molecular complexity index is 502. The van der Waals surface area contributed by atoms with Gasteiger partial charge in [-0.1, -0.05) is 39.0 Å². The fraction of sp³-hybridized carbons (Fsp3) is 0.958. The fourth-order valence-corrected chi connectivity index (χ4v) is 5.28. The van der Waals surface area contributed by atoms with Gasteiger partial charge in [0.2, 0.25) is 0 Å². The molecule has 1 N–H and O–H groups in total. The molecule has 0 bridgehead atoms. The quantitative estimate of drug-likeness (QED) is 0.298. The average Bonchev–Trinajstić information content (AvgIpc) is 3.03. The fourth-order valence-electron chi connectivity index (χ4n) is 5.28. The first kappa shape index (κ1) is 25.5. The van der Waals surface area contributed by atoms with Crippen molar-refractivity contribution in [2.45, 2.75) is 122 Å². The van der Waals surface area contributed by atoms with E-state index in [1.54, 1.807) is 0 Å². The summed E-state index contributed by atoms with van der Waals surface area (Å²) in [5.74, 6) is -0.749. The van der Waals surface area contributed by atoms with Crippen LogP contribution in [0.4, 0.5) is 4.39 Å². The number of alkyl halides is 1. The SMILES string of the molecule is CCCCC(F)C1(OCC)CC[C@@H]2[C@@H](CCCCCCC(=O)OCC)[C@@H](O)C[C@H]2O1. The second-order valence-electron chi connectivity index (χ2n) is 8.94. The molecule has 176 valence electrons. The second-order valence-corrected chi connectivity index (χ2v) is 8.94. The van der Waals surface area contributed by atoms with E-state index in [4.69, 9.17) is 14.2 Å². The molecule has 1 heterocycles. The third-order valence-corrected chi connectivity index (χ3v) is 6.82. The Kier molecular flexibility index (Phi) is 11.0. The largest absolute Gasteiger partial charge is 0.466 e. The third-order valence-electron chi connectivity index (χ3n) is 6.82. The molecule has 1 aliphatic carbocycles. The van der Waals surface area contributed by atoms with Crippen LogP contribution in [0.2, 0.25) is 0 Å². The molecule has 30 heavy (non-hydrogen) atoms. The zero-order valence-corrected chi connectivity index (χ0v) is 19.2. The number of esters is 1. The van der Waals surface area contributed by atoms with E-state index in [9.17, 15) is 9.90 Å². The number of halogens is 1. The van der Waals surface area contributed by atoms with Crippen molar-refractivity contribution < 1.29 is 28.5 Å². The van der Waals surface area contributed by atoms with Crippen LogP contribution in [-0.2, 0) is 19.0 Å². The number of unbranched alkanes of at least 4 members (excludes halogenated alkanes) is 4. The number of hydrogen-bond donors (Lipinski definition) is 1. The van der Waals surface area contributed by atoms with Crippen molar-refractivity contribution in [3.05, 3.63) is 0 Å². The second kappa shape index (κ2) is 13.0. The van der Waals surface area contributed by atoms with Gasteiger partial charge in [0.1, 0.15) is 0 Å². The van der Waals surface area contributed by atoms with E-state index in [-0.39, 0.29) is 30.0 Å². The van der Waals surface area contributed by atoms with Crippen LogP contribution in [0.1, 0.15) is 97.8 Å². The van der Waals surface area contributed by atoms with Crippen molar-refractivity contribution in [1.82, 2.24) is 0 Å². The smallest absolute Gasteiger partial charge is 0.305 e. The Morgan fingerprint density at radius 1 is 1.17 bits per heavy atom. The predicted molar refractivity (Wildman–Crippen MR) is 115 cm³/mol. The molecule has 1 saturated heterocycles. The third kappa shape index (κ3) is 6.89. The summed E-state index contributed by atoms with van der Waals surface area (Å²) in [5, 5.41) is 10.7. The molecule has 2 aliphatic rings. The number of ether oxygens (including phenoxy) is 3. The highest BCUT2D eigenvalue weighted by atomic mass is 19.1. The highest BCUT2D eigenvalue weighted by Gasteiger charge is 2.53. The number of hydrogen-bond acceptors (Lipinski definition) is 5. The van der Waals surface area contributed by atoms with E-state index in [0.29, 0.717) is 38.9 Å².